The second-order valence-corrected chi connectivity index (χ2v) is 4.69. The Bertz CT molecular complexity index is 347. The molecule has 0 spiro atoms. The minimum Gasteiger partial charge on any atom is -0.465 e. The van der Waals surface area contributed by atoms with E-state index in [4.69, 9.17) is 9.47 Å². The lowest BCUT2D eigenvalue weighted by Crippen LogP contribution is -2.39. The molecule has 0 atom stereocenters. The predicted octanol–water partition coefficient (Wildman–Crippen LogP) is 3.41. The van der Waals surface area contributed by atoms with Gasteiger partial charge in [0, 0.05) is 0 Å². The van der Waals surface area contributed by atoms with E-state index in [1.54, 1.807) is 26.8 Å². The molecular formula is C16H26O4. The van der Waals surface area contributed by atoms with Crippen LogP contribution in [0.15, 0.2) is 17.9 Å². The summed E-state index contributed by atoms with van der Waals surface area (Å²) in [4.78, 5) is 23.9. The molecule has 0 unspecified atom stereocenters. The van der Waals surface area contributed by atoms with Crippen molar-refractivity contribution in [2.75, 3.05) is 13.2 Å². The highest BCUT2D eigenvalue weighted by Crippen LogP contribution is 2.26. The summed E-state index contributed by atoms with van der Waals surface area (Å²) in [6, 6.07) is 0. The van der Waals surface area contributed by atoms with E-state index < -0.39 is 17.4 Å². The summed E-state index contributed by atoms with van der Waals surface area (Å²) >= 11 is 0. The second kappa shape index (κ2) is 10.3. The number of hydrogen-bond acceptors (Lipinski definition) is 4. The van der Waals surface area contributed by atoms with Gasteiger partial charge in [-0.25, -0.2) is 0 Å². The first kappa shape index (κ1) is 18.5. The molecule has 0 aliphatic heterocycles. The Kier molecular flexibility index (Phi) is 9.48. The van der Waals surface area contributed by atoms with E-state index in [-0.39, 0.29) is 19.6 Å². The van der Waals surface area contributed by atoms with Gasteiger partial charge < -0.3 is 9.47 Å². The van der Waals surface area contributed by atoms with Crippen LogP contribution < -0.4 is 0 Å². The largest absolute Gasteiger partial charge is 0.465 e. The van der Waals surface area contributed by atoms with Gasteiger partial charge in [0.2, 0.25) is 0 Å². The Morgan fingerprint density at radius 2 is 1.60 bits per heavy atom. The van der Waals surface area contributed by atoms with Gasteiger partial charge in [-0.15, -0.1) is 5.73 Å². The fraction of sp³-hybridized carbons (Fsp3) is 0.688. The van der Waals surface area contributed by atoms with Crippen molar-refractivity contribution in [3.8, 4) is 0 Å². The number of carbonyl (C=O) groups is 2. The smallest absolute Gasteiger partial charge is 0.323 e. The number of carbonyl (C=O) groups excluding carboxylic acids is 2. The van der Waals surface area contributed by atoms with Crippen LogP contribution in [-0.4, -0.2) is 25.2 Å². The summed E-state index contributed by atoms with van der Waals surface area (Å²) in [6.45, 7) is 7.57. The molecule has 0 saturated carbocycles. The highest BCUT2D eigenvalue weighted by molar-refractivity contribution is 5.99. The average molecular weight is 282 g/mol. The maximum Gasteiger partial charge on any atom is 0.323 e. The quantitative estimate of drug-likeness (QED) is 0.281. The summed E-state index contributed by atoms with van der Waals surface area (Å²) < 4.78 is 9.94. The highest BCUT2D eigenvalue weighted by Gasteiger charge is 2.43. The lowest BCUT2D eigenvalue weighted by molar-refractivity contribution is -0.170. The van der Waals surface area contributed by atoms with Crippen LogP contribution in [-0.2, 0) is 19.1 Å². The molecule has 0 aromatic rings. The molecule has 0 aromatic carbocycles. The molecule has 0 amide bonds. The van der Waals surface area contributed by atoms with E-state index in [9.17, 15) is 9.59 Å². The van der Waals surface area contributed by atoms with Crippen molar-refractivity contribution >= 4 is 11.9 Å². The predicted molar refractivity (Wildman–Crippen MR) is 78.2 cm³/mol. The first-order valence-electron chi connectivity index (χ1n) is 7.26. The number of hydrogen-bond donors (Lipinski definition) is 0. The maximum atomic E-state index is 12.0. The van der Waals surface area contributed by atoms with Crippen LogP contribution in [0.25, 0.3) is 0 Å². The molecule has 0 aromatic heterocycles. The van der Waals surface area contributed by atoms with Gasteiger partial charge in [-0.05, 0) is 52.2 Å². The Balaban J connectivity index is 4.81. The highest BCUT2D eigenvalue weighted by atomic mass is 16.6. The summed E-state index contributed by atoms with van der Waals surface area (Å²) in [5, 5.41) is 0. The normalized spacial score (nSPS) is 10.4. The molecule has 20 heavy (non-hydrogen) atoms. The first-order chi connectivity index (χ1) is 9.52. The van der Waals surface area contributed by atoms with Crippen LogP contribution in [0.3, 0.4) is 0 Å². The van der Waals surface area contributed by atoms with Gasteiger partial charge in [0.1, 0.15) is 0 Å². The lowest BCUT2D eigenvalue weighted by atomic mass is 9.87. The third-order valence-corrected chi connectivity index (χ3v) is 2.90. The van der Waals surface area contributed by atoms with Crippen molar-refractivity contribution in [3.63, 3.8) is 0 Å². The van der Waals surface area contributed by atoms with Crippen LogP contribution in [0.5, 0.6) is 0 Å². The first-order valence-corrected chi connectivity index (χ1v) is 7.26. The minimum atomic E-state index is -1.29. The topological polar surface area (TPSA) is 52.6 Å². The van der Waals surface area contributed by atoms with Crippen molar-refractivity contribution in [1.82, 2.24) is 0 Å². The van der Waals surface area contributed by atoms with Gasteiger partial charge in [0.25, 0.3) is 0 Å². The van der Waals surface area contributed by atoms with E-state index in [1.807, 2.05) is 6.08 Å². The van der Waals surface area contributed by atoms with Crippen LogP contribution in [0.4, 0.5) is 0 Å². The van der Waals surface area contributed by atoms with E-state index in [2.05, 4.69) is 12.7 Å². The molecular weight excluding hydrogens is 256 g/mol. The number of rotatable bonds is 9. The molecule has 0 saturated heterocycles. The Labute approximate surface area is 121 Å². The molecule has 0 radical (unpaired) electrons. The van der Waals surface area contributed by atoms with Crippen molar-refractivity contribution in [1.29, 1.82) is 0 Å². The van der Waals surface area contributed by atoms with E-state index >= 15 is 0 Å². The molecule has 114 valence electrons. The van der Waals surface area contributed by atoms with Crippen LogP contribution >= 0.6 is 0 Å². The Hall–Kier alpha value is -1.54. The zero-order valence-corrected chi connectivity index (χ0v) is 13.0. The minimum absolute atomic E-state index is 0.229. The monoisotopic (exact) mass is 282 g/mol. The van der Waals surface area contributed by atoms with Crippen molar-refractivity contribution < 1.29 is 19.1 Å². The van der Waals surface area contributed by atoms with Gasteiger partial charge in [-0.1, -0.05) is 13.3 Å². The van der Waals surface area contributed by atoms with E-state index in [0.29, 0.717) is 0 Å². The zero-order chi connectivity index (χ0) is 15.4. The van der Waals surface area contributed by atoms with Crippen LogP contribution in [0.2, 0.25) is 0 Å². The van der Waals surface area contributed by atoms with Crippen molar-refractivity contribution in [2.24, 2.45) is 5.41 Å². The molecule has 0 fully saturated rings. The Morgan fingerprint density at radius 3 is 2.05 bits per heavy atom. The number of esters is 2. The summed E-state index contributed by atoms with van der Waals surface area (Å²) in [7, 11) is 0. The molecule has 0 bridgehead atoms. The molecule has 4 nitrogen and oxygen atoms in total. The van der Waals surface area contributed by atoms with Gasteiger partial charge in [-0.3, -0.25) is 9.59 Å². The average Bonchev–Trinajstić information content (AvgIpc) is 2.42. The maximum absolute atomic E-state index is 12.0. The molecule has 0 heterocycles. The van der Waals surface area contributed by atoms with Gasteiger partial charge in [0.05, 0.1) is 13.2 Å². The fourth-order valence-corrected chi connectivity index (χ4v) is 1.57. The van der Waals surface area contributed by atoms with Gasteiger partial charge >= 0.3 is 11.9 Å². The zero-order valence-electron chi connectivity index (χ0n) is 13.0. The lowest BCUT2D eigenvalue weighted by Gasteiger charge is -2.23. The van der Waals surface area contributed by atoms with E-state index in [1.165, 1.54) is 0 Å². The molecule has 0 aliphatic rings. The summed E-state index contributed by atoms with van der Waals surface area (Å²) in [5.74, 6) is -1.10. The number of allylic oxidation sites excluding steroid dienone is 1. The molecule has 4 heteroatoms. The fourth-order valence-electron chi connectivity index (χ4n) is 1.57. The number of unbranched alkanes of at least 4 members (excludes halogenated alkanes) is 2. The van der Waals surface area contributed by atoms with Crippen molar-refractivity contribution in [3.05, 3.63) is 17.9 Å². The van der Waals surface area contributed by atoms with E-state index in [0.717, 1.165) is 19.3 Å². The molecule has 0 N–H and O–H groups in total. The SMILES string of the molecule is CCCCC=C=CCC(C)(C(=O)OCC)C(=O)OCC. The van der Waals surface area contributed by atoms with Crippen LogP contribution in [0, 0.1) is 5.41 Å². The standard InChI is InChI=1S/C16H26O4/c1-5-8-9-10-11-12-13-16(4,14(17)19-6-2)15(18)20-7-3/h10,12H,5-9,13H2,1-4H3. The molecule has 0 rings (SSSR count). The van der Waals surface area contributed by atoms with Crippen LogP contribution in [0.1, 0.15) is 53.4 Å². The third kappa shape index (κ3) is 6.07. The summed E-state index contributed by atoms with van der Waals surface area (Å²) in [5.41, 5.74) is 1.71. The van der Waals surface area contributed by atoms with Gasteiger partial charge in [-0.2, -0.15) is 0 Å². The Morgan fingerprint density at radius 1 is 1.05 bits per heavy atom. The second-order valence-electron chi connectivity index (χ2n) is 4.69. The van der Waals surface area contributed by atoms with Gasteiger partial charge in [0.15, 0.2) is 5.41 Å². The van der Waals surface area contributed by atoms with Crippen molar-refractivity contribution in [2.45, 2.75) is 53.4 Å². The molecule has 0 aliphatic carbocycles. The summed E-state index contributed by atoms with van der Waals surface area (Å²) in [6.07, 6.45) is 7.02. The third-order valence-electron chi connectivity index (χ3n) is 2.90. The number of ether oxygens (including phenoxy) is 2.